The monoisotopic (exact) mass is 281 g/mol. The molecule has 6 heteroatoms. The van der Waals surface area contributed by atoms with Crippen molar-refractivity contribution in [2.45, 2.75) is 44.4 Å². The van der Waals surface area contributed by atoms with Gasteiger partial charge < -0.3 is 5.32 Å². The summed E-state index contributed by atoms with van der Waals surface area (Å²) in [5.41, 5.74) is 0.884. The smallest absolute Gasteiger partial charge is 0.287 e. The Morgan fingerprint density at radius 1 is 1.58 bits per heavy atom. The van der Waals surface area contributed by atoms with Gasteiger partial charge in [0, 0.05) is 17.4 Å². The van der Waals surface area contributed by atoms with E-state index in [4.69, 9.17) is 0 Å². The second-order valence-electron chi connectivity index (χ2n) is 4.85. The molecular weight excluding hydrogens is 262 g/mol. The first-order chi connectivity index (χ1) is 9.10. The minimum absolute atomic E-state index is 0.0499. The molecule has 0 bridgehead atoms. The first kappa shape index (κ1) is 14.1. The number of aryl methyl sites for hydroxylation is 1. The molecule has 1 fully saturated rings. The Kier molecular flexibility index (Phi) is 4.63. The van der Waals surface area contributed by atoms with Gasteiger partial charge in [0.05, 0.1) is 4.92 Å². The van der Waals surface area contributed by atoms with Crippen LogP contribution in [0.3, 0.4) is 0 Å². The maximum Gasteiger partial charge on any atom is 0.287 e. The van der Waals surface area contributed by atoms with E-state index in [1.165, 1.54) is 12.6 Å². The molecule has 1 aromatic rings. The minimum Gasteiger partial charge on any atom is -0.367 e. The van der Waals surface area contributed by atoms with Crippen LogP contribution in [0, 0.1) is 17.0 Å². The summed E-state index contributed by atoms with van der Waals surface area (Å²) in [4.78, 5) is 14.4. The van der Waals surface area contributed by atoms with Crippen molar-refractivity contribution in [1.29, 1.82) is 0 Å². The normalized spacial score (nSPS) is 22.4. The molecule has 104 valence electrons. The number of hydrogen-bond donors (Lipinski definition) is 1. The van der Waals surface area contributed by atoms with Gasteiger partial charge in [0.2, 0.25) is 0 Å². The van der Waals surface area contributed by atoms with Gasteiger partial charge in [-0.1, -0.05) is 6.92 Å². The van der Waals surface area contributed by atoms with Crippen LogP contribution in [0.4, 0.5) is 11.5 Å². The molecule has 1 aliphatic rings. The molecule has 0 aliphatic heterocycles. The molecule has 2 rings (SSSR count). The van der Waals surface area contributed by atoms with E-state index in [1.54, 1.807) is 6.07 Å². The first-order valence-electron chi connectivity index (χ1n) is 6.59. The fourth-order valence-corrected chi connectivity index (χ4v) is 3.61. The van der Waals surface area contributed by atoms with Crippen molar-refractivity contribution >= 4 is 23.3 Å². The standard InChI is InChI=1S/C13H19N3O2S/c1-3-19-12-5-4-10(7-12)15-13-9(2)6-11(8-14-13)16(17)18/h6,8,10,12H,3-5,7H2,1-2H3,(H,14,15). The van der Waals surface area contributed by atoms with Crippen LogP contribution in [0.25, 0.3) is 0 Å². The van der Waals surface area contributed by atoms with E-state index in [9.17, 15) is 10.1 Å². The number of aromatic nitrogens is 1. The average Bonchev–Trinajstić information content (AvgIpc) is 2.79. The molecule has 1 aliphatic carbocycles. The number of nitro groups is 1. The van der Waals surface area contributed by atoms with Crippen LogP contribution >= 0.6 is 11.8 Å². The summed E-state index contributed by atoms with van der Waals surface area (Å²) in [6.45, 7) is 4.04. The van der Waals surface area contributed by atoms with Gasteiger partial charge in [0.15, 0.2) is 0 Å². The van der Waals surface area contributed by atoms with Crippen molar-refractivity contribution in [3.05, 3.63) is 27.9 Å². The van der Waals surface area contributed by atoms with E-state index >= 15 is 0 Å². The van der Waals surface area contributed by atoms with Crippen LogP contribution in [-0.2, 0) is 0 Å². The second-order valence-corrected chi connectivity index (χ2v) is 6.43. The zero-order chi connectivity index (χ0) is 13.8. The Morgan fingerprint density at radius 3 is 3.00 bits per heavy atom. The lowest BCUT2D eigenvalue weighted by Crippen LogP contribution is -2.17. The zero-order valence-electron chi connectivity index (χ0n) is 11.3. The van der Waals surface area contributed by atoms with Crippen molar-refractivity contribution < 1.29 is 4.92 Å². The predicted octanol–water partition coefficient (Wildman–Crippen LogP) is 3.38. The summed E-state index contributed by atoms with van der Waals surface area (Å²) < 4.78 is 0. The molecule has 0 amide bonds. The second kappa shape index (κ2) is 6.23. The lowest BCUT2D eigenvalue weighted by molar-refractivity contribution is -0.385. The van der Waals surface area contributed by atoms with Crippen LogP contribution in [0.5, 0.6) is 0 Å². The van der Waals surface area contributed by atoms with Gasteiger partial charge in [-0.3, -0.25) is 10.1 Å². The van der Waals surface area contributed by atoms with Crippen LogP contribution < -0.4 is 5.32 Å². The Balaban J connectivity index is 1.98. The highest BCUT2D eigenvalue weighted by Gasteiger charge is 2.25. The minimum atomic E-state index is -0.409. The lowest BCUT2D eigenvalue weighted by Gasteiger charge is -2.15. The van der Waals surface area contributed by atoms with Crippen LogP contribution in [-0.4, -0.2) is 27.0 Å². The Morgan fingerprint density at radius 2 is 2.37 bits per heavy atom. The quantitative estimate of drug-likeness (QED) is 0.662. The summed E-state index contributed by atoms with van der Waals surface area (Å²) in [7, 11) is 0. The van der Waals surface area contributed by atoms with Gasteiger partial charge in [0.1, 0.15) is 12.0 Å². The number of thioether (sulfide) groups is 1. The average molecular weight is 281 g/mol. The molecule has 1 heterocycles. The van der Waals surface area contributed by atoms with E-state index in [1.807, 2.05) is 18.7 Å². The van der Waals surface area contributed by atoms with Gasteiger partial charge in [0.25, 0.3) is 5.69 Å². The first-order valence-corrected chi connectivity index (χ1v) is 7.64. The van der Waals surface area contributed by atoms with E-state index in [0.29, 0.717) is 6.04 Å². The van der Waals surface area contributed by atoms with E-state index in [0.717, 1.165) is 35.2 Å². The van der Waals surface area contributed by atoms with E-state index in [2.05, 4.69) is 17.2 Å². The highest BCUT2D eigenvalue weighted by atomic mass is 32.2. The topological polar surface area (TPSA) is 68.1 Å². The molecule has 0 spiro atoms. The molecule has 0 radical (unpaired) electrons. The maximum atomic E-state index is 10.7. The van der Waals surface area contributed by atoms with Gasteiger partial charge in [-0.05, 0) is 37.5 Å². The maximum absolute atomic E-state index is 10.7. The van der Waals surface area contributed by atoms with Crippen molar-refractivity contribution in [2.75, 3.05) is 11.1 Å². The fraction of sp³-hybridized carbons (Fsp3) is 0.615. The van der Waals surface area contributed by atoms with Crippen molar-refractivity contribution in [1.82, 2.24) is 4.98 Å². The molecule has 1 aromatic heterocycles. The highest BCUT2D eigenvalue weighted by Crippen LogP contribution is 2.32. The molecule has 0 aromatic carbocycles. The predicted molar refractivity (Wildman–Crippen MR) is 78.8 cm³/mol. The lowest BCUT2D eigenvalue weighted by atomic mass is 10.2. The van der Waals surface area contributed by atoms with Gasteiger partial charge in [-0.2, -0.15) is 11.8 Å². The van der Waals surface area contributed by atoms with Gasteiger partial charge in [-0.25, -0.2) is 4.98 Å². The summed E-state index contributed by atoms with van der Waals surface area (Å²) in [6, 6.07) is 2.01. The Bertz CT molecular complexity index is 467. The van der Waals surface area contributed by atoms with Crippen molar-refractivity contribution in [3.8, 4) is 0 Å². The molecule has 19 heavy (non-hydrogen) atoms. The summed E-state index contributed by atoms with van der Waals surface area (Å²) >= 11 is 2.01. The van der Waals surface area contributed by atoms with E-state index < -0.39 is 4.92 Å². The van der Waals surface area contributed by atoms with Crippen LogP contribution in [0.1, 0.15) is 31.7 Å². The zero-order valence-corrected chi connectivity index (χ0v) is 12.1. The molecule has 0 saturated heterocycles. The molecule has 2 unspecified atom stereocenters. The molecular formula is C13H19N3O2S. The third-order valence-corrected chi connectivity index (χ3v) is 4.64. The molecule has 2 atom stereocenters. The number of nitrogens with zero attached hydrogens (tertiary/aromatic N) is 2. The van der Waals surface area contributed by atoms with Gasteiger partial charge >= 0.3 is 0 Å². The van der Waals surface area contributed by atoms with Crippen molar-refractivity contribution in [2.24, 2.45) is 0 Å². The Hall–Kier alpha value is -1.30. The number of anilines is 1. The number of pyridine rings is 1. The Labute approximate surface area is 117 Å². The summed E-state index contributed by atoms with van der Waals surface area (Å²) in [6.07, 6.45) is 4.86. The number of rotatable bonds is 5. The number of nitrogens with one attached hydrogen (secondary N) is 1. The highest BCUT2D eigenvalue weighted by molar-refractivity contribution is 7.99. The third-order valence-electron chi connectivity index (χ3n) is 3.40. The van der Waals surface area contributed by atoms with E-state index in [-0.39, 0.29) is 5.69 Å². The van der Waals surface area contributed by atoms with Crippen molar-refractivity contribution in [3.63, 3.8) is 0 Å². The largest absolute Gasteiger partial charge is 0.367 e. The van der Waals surface area contributed by atoms with Crippen LogP contribution in [0.15, 0.2) is 12.3 Å². The summed E-state index contributed by atoms with van der Waals surface area (Å²) in [5, 5.41) is 14.8. The third kappa shape index (κ3) is 3.59. The molecule has 1 saturated carbocycles. The number of hydrogen-bond acceptors (Lipinski definition) is 5. The van der Waals surface area contributed by atoms with Gasteiger partial charge in [-0.15, -0.1) is 0 Å². The SMILES string of the molecule is CCSC1CCC(Nc2ncc([N+](=O)[O-])cc2C)C1. The summed E-state index contributed by atoms with van der Waals surface area (Å²) in [5.74, 6) is 1.93. The molecule has 1 N–H and O–H groups in total. The fourth-order valence-electron chi connectivity index (χ4n) is 2.46. The van der Waals surface area contributed by atoms with Crippen LogP contribution in [0.2, 0.25) is 0 Å². The molecule has 5 nitrogen and oxygen atoms in total.